The van der Waals surface area contributed by atoms with Crippen molar-refractivity contribution in [2.45, 2.75) is 31.9 Å². The zero-order valence-electron chi connectivity index (χ0n) is 9.96. The normalized spacial score (nSPS) is 11.3. The number of benzene rings is 1. The van der Waals surface area contributed by atoms with E-state index < -0.39 is 12.6 Å². The molecule has 0 saturated carbocycles. The summed E-state index contributed by atoms with van der Waals surface area (Å²) >= 11 is 0. The maximum Gasteiger partial charge on any atom is 0.389 e. The third-order valence-electron chi connectivity index (χ3n) is 2.42. The highest BCUT2D eigenvalue weighted by Crippen LogP contribution is 2.21. The Morgan fingerprint density at radius 1 is 1.11 bits per heavy atom. The van der Waals surface area contributed by atoms with E-state index in [1.54, 1.807) is 0 Å². The molecule has 100 valence electrons. The molecule has 1 aromatic carbocycles. The molecule has 0 atom stereocenters. The number of hydrogen-bond donors (Lipinski definition) is 1. The molecule has 0 heterocycles. The molecular weight excluding hydrogens is 243 g/mol. The summed E-state index contributed by atoms with van der Waals surface area (Å²) in [6.07, 6.45) is -4.23. The molecule has 0 unspecified atom stereocenters. The van der Waals surface area contributed by atoms with Crippen molar-refractivity contribution in [2.75, 3.05) is 6.54 Å². The zero-order chi connectivity index (χ0) is 13.4. The Morgan fingerprint density at radius 3 is 2.39 bits per heavy atom. The zero-order valence-corrected chi connectivity index (χ0v) is 9.96. The molecule has 0 spiro atoms. The van der Waals surface area contributed by atoms with Crippen LogP contribution >= 0.6 is 0 Å². The molecule has 0 radical (unpaired) electrons. The van der Waals surface area contributed by atoms with Crippen molar-refractivity contribution in [3.63, 3.8) is 0 Å². The number of hydrogen-bond acceptors (Lipinski definition) is 1. The fraction of sp³-hybridized carbons (Fsp3) is 0.462. The van der Waals surface area contributed by atoms with E-state index in [0.717, 1.165) is 5.56 Å². The molecule has 0 saturated heterocycles. The van der Waals surface area contributed by atoms with Crippen LogP contribution in [0.25, 0.3) is 0 Å². The summed E-state index contributed by atoms with van der Waals surface area (Å²) in [4.78, 5) is 11.4. The molecule has 0 fully saturated rings. The molecule has 1 rings (SSSR count). The fourth-order valence-electron chi connectivity index (χ4n) is 1.52. The average molecular weight is 259 g/mol. The molecule has 5 heteroatoms. The van der Waals surface area contributed by atoms with Crippen molar-refractivity contribution in [3.05, 3.63) is 35.9 Å². The van der Waals surface area contributed by atoms with Gasteiger partial charge in [-0.3, -0.25) is 4.79 Å². The molecule has 18 heavy (non-hydrogen) atoms. The van der Waals surface area contributed by atoms with Gasteiger partial charge in [0.1, 0.15) is 0 Å². The number of carbonyl (C=O) groups is 1. The molecule has 0 aromatic heterocycles. The lowest BCUT2D eigenvalue weighted by Gasteiger charge is -2.07. The number of halogens is 3. The third-order valence-corrected chi connectivity index (χ3v) is 2.42. The van der Waals surface area contributed by atoms with E-state index in [-0.39, 0.29) is 18.7 Å². The maximum absolute atomic E-state index is 11.8. The Kier molecular flexibility index (Phi) is 5.68. The number of rotatable bonds is 6. The van der Waals surface area contributed by atoms with Crippen molar-refractivity contribution in [1.82, 2.24) is 5.32 Å². The minimum Gasteiger partial charge on any atom is -0.356 e. The van der Waals surface area contributed by atoms with E-state index in [2.05, 4.69) is 5.32 Å². The lowest BCUT2D eigenvalue weighted by molar-refractivity contribution is -0.135. The van der Waals surface area contributed by atoms with Crippen LogP contribution < -0.4 is 5.32 Å². The molecule has 0 aliphatic heterocycles. The molecule has 2 nitrogen and oxygen atoms in total. The van der Waals surface area contributed by atoms with Crippen molar-refractivity contribution in [1.29, 1.82) is 0 Å². The van der Waals surface area contributed by atoms with Gasteiger partial charge in [0.2, 0.25) is 5.91 Å². The Hall–Kier alpha value is -1.52. The molecule has 0 aliphatic carbocycles. The van der Waals surface area contributed by atoms with E-state index in [1.165, 1.54) is 0 Å². The van der Waals surface area contributed by atoms with Gasteiger partial charge in [-0.1, -0.05) is 30.3 Å². The topological polar surface area (TPSA) is 29.1 Å². The largest absolute Gasteiger partial charge is 0.389 e. The second-order valence-corrected chi connectivity index (χ2v) is 4.08. The van der Waals surface area contributed by atoms with Gasteiger partial charge in [0.15, 0.2) is 0 Å². The van der Waals surface area contributed by atoms with E-state index in [4.69, 9.17) is 0 Å². The number of unbranched alkanes of at least 4 members (excludes halogenated alkanes) is 1. The minimum absolute atomic E-state index is 0.0507. The van der Waals surface area contributed by atoms with Crippen molar-refractivity contribution in [3.8, 4) is 0 Å². The number of amides is 1. The highest BCUT2D eigenvalue weighted by atomic mass is 19.4. The van der Waals surface area contributed by atoms with Crippen LogP contribution in [0.15, 0.2) is 30.3 Å². The number of nitrogens with one attached hydrogen (secondary N) is 1. The molecular formula is C13H16F3NO. The summed E-state index contributed by atoms with van der Waals surface area (Å²) in [7, 11) is 0. The molecule has 1 N–H and O–H groups in total. The summed E-state index contributed by atoms with van der Waals surface area (Å²) in [5.41, 5.74) is 0.894. The van der Waals surface area contributed by atoms with Crippen molar-refractivity contribution in [2.24, 2.45) is 0 Å². The van der Waals surface area contributed by atoms with Crippen LogP contribution in [0.5, 0.6) is 0 Å². The van der Waals surface area contributed by atoms with Crippen LogP contribution in [0, 0.1) is 0 Å². The fourth-order valence-corrected chi connectivity index (χ4v) is 1.52. The SMILES string of the molecule is O=C(Cc1ccccc1)NCCCCC(F)(F)F. The maximum atomic E-state index is 11.8. The predicted octanol–water partition coefficient (Wildman–Crippen LogP) is 3.08. The van der Waals surface area contributed by atoms with Gasteiger partial charge in [0.25, 0.3) is 0 Å². The lowest BCUT2D eigenvalue weighted by Crippen LogP contribution is -2.26. The smallest absolute Gasteiger partial charge is 0.356 e. The van der Waals surface area contributed by atoms with E-state index in [9.17, 15) is 18.0 Å². The van der Waals surface area contributed by atoms with Gasteiger partial charge < -0.3 is 5.32 Å². The van der Waals surface area contributed by atoms with Crippen molar-refractivity contribution >= 4 is 5.91 Å². The number of carbonyl (C=O) groups excluding carboxylic acids is 1. The second kappa shape index (κ2) is 7.03. The summed E-state index contributed by atoms with van der Waals surface area (Å²) < 4.78 is 35.5. The summed E-state index contributed by atoms with van der Waals surface area (Å²) in [6.45, 7) is 0.293. The summed E-state index contributed by atoms with van der Waals surface area (Å²) in [6, 6.07) is 9.21. The third kappa shape index (κ3) is 6.93. The Bertz CT molecular complexity index is 362. The molecule has 1 amide bonds. The van der Waals surface area contributed by atoms with Crippen LogP contribution in [-0.2, 0) is 11.2 Å². The van der Waals surface area contributed by atoms with E-state index >= 15 is 0 Å². The minimum atomic E-state index is -4.10. The van der Waals surface area contributed by atoms with Crippen molar-refractivity contribution < 1.29 is 18.0 Å². The first kappa shape index (κ1) is 14.5. The molecule has 0 aliphatic rings. The Labute approximate surface area is 104 Å². The van der Waals surface area contributed by atoms with Gasteiger partial charge in [0.05, 0.1) is 6.42 Å². The highest BCUT2D eigenvalue weighted by molar-refractivity contribution is 5.78. The van der Waals surface area contributed by atoms with Gasteiger partial charge in [-0.05, 0) is 18.4 Å². The predicted molar refractivity (Wildman–Crippen MR) is 63.1 cm³/mol. The van der Waals surface area contributed by atoms with Gasteiger partial charge in [-0.25, -0.2) is 0 Å². The van der Waals surface area contributed by atoms with Gasteiger partial charge >= 0.3 is 6.18 Å². The lowest BCUT2D eigenvalue weighted by atomic mass is 10.1. The van der Waals surface area contributed by atoms with Crippen LogP contribution in [0.4, 0.5) is 13.2 Å². The second-order valence-electron chi connectivity index (χ2n) is 4.08. The van der Waals surface area contributed by atoms with E-state index in [1.807, 2.05) is 30.3 Å². The van der Waals surface area contributed by atoms with Crippen LogP contribution in [0.3, 0.4) is 0 Å². The summed E-state index contributed by atoms with van der Waals surface area (Å²) in [5, 5.41) is 2.61. The summed E-state index contributed by atoms with van der Waals surface area (Å²) in [5.74, 6) is -0.159. The Balaban J connectivity index is 2.11. The first-order chi connectivity index (χ1) is 8.47. The van der Waals surface area contributed by atoms with Crippen LogP contribution in [0.2, 0.25) is 0 Å². The monoisotopic (exact) mass is 259 g/mol. The van der Waals surface area contributed by atoms with Crippen LogP contribution in [0.1, 0.15) is 24.8 Å². The van der Waals surface area contributed by atoms with Crippen LogP contribution in [-0.4, -0.2) is 18.6 Å². The van der Waals surface area contributed by atoms with Gasteiger partial charge in [-0.2, -0.15) is 13.2 Å². The van der Waals surface area contributed by atoms with Gasteiger partial charge in [0, 0.05) is 13.0 Å². The Morgan fingerprint density at radius 2 is 1.78 bits per heavy atom. The van der Waals surface area contributed by atoms with Gasteiger partial charge in [-0.15, -0.1) is 0 Å². The first-order valence-corrected chi connectivity index (χ1v) is 5.85. The van der Waals surface area contributed by atoms with E-state index in [0.29, 0.717) is 13.0 Å². The average Bonchev–Trinajstić information content (AvgIpc) is 2.28. The molecule has 0 bridgehead atoms. The quantitative estimate of drug-likeness (QED) is 0.781. The standard InChI is InChI=1S/C13H16F3NO/c14-13(15,16)8-4-5-9-17-12(18)10-11-6-2-1-3-7-11/h1-3,6-7H,4-5,8-10H2,(H,17,18). The molecule has 1 aromatic rings. The first-order valence-electron chi connectivity index (χ1n) is 5.85. The highest BCUT2D eigenvalue weighted by Gasteiger charge is 2.25. The number of alkyl halides is 3.